The highest BCUT2D eigenvalue weighted by atomic mass is 79.9. The van der Waals surface area contributed by atoms with Crippen LogP contribution < -0.4 is 10.1 Å². The molecule has 0 spiro atoms. The van der Waals surface area contributed by atoms with Crippen LogP contribution in [0, 0.1) is 0 Å². The molecule has 0 saturated heterocycles. The van der Waals surface area contributed by atoms with Gasteiger partial charge in [-0.25, -0.2) is 0 Å². The van der Waals surface area contributed by atoms with Crippen LogP contribution in [0.5, 0.6) is 5.75 Å². The Hall–Kier alpha value is 0.420. The molecule has 1 aromatic carbocycles. The van der Waals surface area contributed by atoms with Crippen LogP contribution in [-0.4, -0.2) is 19.2 Å². The average Bonchev–Trinajstić information content (AvgIpc) is 3.09. The zero-order valence-electron chi connectivity index (χ0n) is 10.0. The largest absolute Gasteiger partial charge is 0.491 e. The zero-order chi connectivity index (χ0) is 13.0. The van der Waals surface area contributed by atoms with E-state index in [-0.39, 0.29) is 0 Å². The summed E-state index contributed by atoms with van der Waals surface area (Å²) in [6.07, 6.45) is 4.96. The van der Waals surface area contributed by atoms with E-state index in [4.69, 9.17) is 4.74 Å². The number of hydrogen-bond donors (Lipinski definition) is 1. The molecule has 1 fully saturated rings. The molecule has 1 saturated carbocycles. The van der Waals surface area contributed by atoms with Gasteiger partial charge in [-0.3, -0.25) is 0 Å². The van der Waals surface area contributed by atoms with Gasteiger partial charge < -0.3 is 10.1 Å². The summed E-state index contributed by atoms with van der Waals surface area (Å²) in [5, 5.41) is 3.51. The van der Waals surface area contributed by atoms with Gasteiger partial charge in [0.05, 0.1) is 15.6 Å². The monoisotopic (exact) mass is 439 g/mol. The van der Waals surface area contributed by atoms with Crippen molar-refractivity contribution in [2.24, 2.45) is 0 Å². The Bertz CT molecular complexity index is 384. The summed E-state index contributed by atoms with van der Waals surface area (Å²) in [6, 6.07) is 4.80. The van der Waals surface area contributed by atoms with E-state index in [9.17, 15) is 0 Å². The zero-order valence-corrected chi connectivity index (χ0v) is 14.8. The van der Waals surface area contributed by atoms with E-state index >= 15 is 0 Å². The van der Waals surface area contributed by atoms with Crippen molar-refractivity contribution >= 4 is 47.8 Å². The second kappa shape index (κ2) is 7.27. The van der Waals surface area contributed by atoms with E-state index in [1.54, 1.807) is 0 Å². The van der Waals surface area contributed by atoms with Gasteiger partial charge in [0, 0.05) is 10.5 Å². The lowest BCUT2D eigenvalue weighted by Gasteiger charge is -2.11. The Labute approximate surface area is 133 Å². The summed E-state index contributed by atoms with van der Waals surface area (Å²) in [5.41, 5.74) is 0. The third-order valence-electron chi connectivity index (χ3n) is 2.79. The highest BCUT2D eigenvalue weighted by Crippen LogP contribution is 2.36. The second-order valence-corrected chi connectivity index (χ2v) is 7.11. The smallest absolute Gasteiger partial charge is 0.147 e. The minimum atomic E-state index is 0.755. The SMILES string of the molecule is Brc1cc(Br)c(OCCCCNC2CC2)c(Br)c1. The second-order valence-electron chi connectivity index (χ2n) is 4.48. The lowest BCUT2D eigenvalue weighted by molar-refractivity contribution is 0.302. The van der Waals surface area contributed by atoms with Gasteiger partial charge in [0.25, 0.3) is 0 Å². The Kier molecular flexibility index (Phi) is 5.98. The topological polar surface area (TPSA) is 21.3 Å². The third-order valence-corrected chi connectivity index (χ3v) is 4.43. The van der Waals surface area contributed by atoms with Crippen LogP contribution in [0.2, 0.25) is 0 Å². The lowest BCUT2D eigenvalue weighted by Crippen LogP contribution is -2.17. The van der Waals surface area contributed by atoms with Gasteiger partial charge in [0.1, 0.15) is 5.75 Å². The van der Waals surface area contributed by atoms with Gasteiger partial charge in [-0.2, -0.15) is 0 Å². The molecular weight excluding hydrogens is 426 g/mol. The molecule has 0 heterocycles. The van der Waals surface area contributed by atoms with Crippen LogP contribution in [0.25, 0.3) is 0 Å². The van der Waals surface area contributed by atoms with Crippen molar-refractivity contribution in [1.29, 1.82) is 0 Å². The number of benzene rings is 1. The van der Waals surface area contributed by atoms with Gasteiger partial charge in [0.2, 0.25) is 0 Å². The Morgan fingerprint density at radius 2 is 1.78 bits per heavy atom. The maximum atomic E-state index is 5.80. The van der Waals surface area contributed by atoms with E-state index in [1.165, 1.54) is 19.3 Å². The first-order chi connectivity index (χ1) is 8.66. The predicted octanol–water partition coefficient (Wildman–Crippen LogP) is 4.89. The minimum absolute atomic E-state index is 0.755. The maximum Gasteiger partial charge on any atom is 0.147 e. The minimum Gasteiger partial charge on any atom is -0.491 e. The van der Waals surface area contributed by atoms with Crippen molar-refractivity contribution in [3.63, 3.8) is 0 Å². The van der Waals surface area contributed by atoms with Crippen LogP contribution >= 0.6 is 47.8 Å². The van der Waals surface area contributed by atoms with Crippen molar-refractivity contribution in [1.82, 2.24) is 5.32 Å². The molecule has 0 radical (unpaired) electrons. The molecule has 18 heavy (non-hydrogen) atoms. The van der Waals surface area contributed by atoms with E-state index < -0.39 is 0 Å². The summed E-state index contributed by atoms with van der Waals surface area (Å²) in [4.78, 5) is 0. The van der Waals surface area contributed by atoms with Crippen LogP contribution in [0.15, 0.2) is 25.6 Å². The fourth-order valence-corrected chi connectivity index (χ4v) is 4.15. The van der Waals surface area contributed by atoms with Gasteiger partial charge in [-0.15, -0.1) is 0 Å². The van der Waals surface area contributed by atoms with Crippen molar-refractivity contribution in [2.75, 3.05) is 13.2 Å². The molecule has 1 aliphatic carbocycles. The number of unbranched alkanes of at least 4 members (excludes halogenated alkanes) is 1. The first-order valence-electron chi connectivity index (χ1n) is 6.17. The third kappa shape index (κ3) is 4.83. The summed E-state index contributed by atoms with van der Waals surface area (Å²) in [6.45, 7) is 1.86. The normalized spacial score (nSPS) is 14.8. The highest BCUT2D eigenvalue weighted by molar-refractivity contribution is 9.11. The number of halogens is 3. The molecule has 0 atom stereocenters. The molecule has 0 bridgehead atoms. The maximum absolute atomic E-state index is 5.80. The predicted molar refractivity (Wildman–Crippen MR) is 85.3 cm³/mol. The molecule has 0 unspecified atom stereocenters. The van der Waals surface area contributed by atoms with Crippen molar-refractivity contribution in [3.05, 3.63) is 25.6 Å². The molecule has 2 rings (SSSR count). The number of nitrogens with one attached hydrogen (secondary N) is 1. The summed E-state index contributed by atoms with van der Waals surface area (Å²) in [5.74, 6) is 0.883. The fraction of sp³-hybridized carbons (Fsp3) is 0.538. The molecule has 1 N–H and O–H groups in total. The van der Waals surface area contributed by atoms with E-state index in [0.29, 0.717) is 0 Å². The average molecular weight is 442 g/mol. The molecule has 1 aromatic rings. The summed E-state index contributed by atoms with van der Waals surface area (Å²) in [7, 11) is 0. The summed E-state index contributed by atoms with van der Waals surface area (Å²) >= 11 is 10.5. The Morgan fingerprint density at radius 3 is 2.39 bits per heavy atom. The van der Waals surface area contributed by atoms with Gasteiger partial charge >= 0.3 is 0 Å². The van der Waals surface area contributed by atoms with Gasteiger partial charge in [0.15, 0.2) is 0 Å². The van der Waals surface area contributed by atoms with Crippen LogP contribution in [0.1, 0.15) is 25.7 Å². The van der Waals surface area contributed by atoms with Crippen LogP contribution in [0.4, 0.5) is 0 Å². The van der Waals surface area contributed by atoms with E-state index in [2.05, 4.69) is 53.1 Å². The Morgan fingerprint density at radius 1 is 1.11 bits per heavy atom. The van der Waals surface area contributed by atoms with Gasteiger partial charge in [-0.05, 0) is 76.2 Å². The first-order valence-corrected chi connectivity index (χ1v) is 8.55. The van der Waals surface area contributed by atoms with Crippen molar-refractivity contribution < 1.29 is 4.74 Å². The summed E-state index contributed by atoms with van der Waals surface area (Å²) < 4.78 is 8.78. The molecule has 5 heteroatoms. The quantitative estimate of drug-likeness (QED) is 0.608. The molecule has 2 nitrogen and oxygen atoms in total. The van der Waals surface area contributed by atoms with Crippen LogP contribution in [-0.2, 0) is 0 Å². The standard InChI is InChI=1S/C13H16Br3NO/c14-9-7-11(15)13(12(16)8-9)18-6-2-1-5-17-10-3-4-10/h7-8,10,17H,1-6H2. The number of rotatable bonds is 7. The molecule has 1 aliphatic rings. The molecule has 100 valence electrons. The van der Waals surface area contributed by atoms with Crippen LogP contribution in [0.3, 0.4) is 0 Å². The first kappa shape index (κ1) is 14.8. The molecule has 0 amide bonds. The van der Waals surface area contributed by atoms with E-state index in [1.807, 2.05) is 12.1 Å². The van der Waals surface area contributed by atoms with E-state index in [0.717, 1.165) is 44.8 Å². The molecule has 0 aliphatic heterocycles. The van der Waals surface area contributed by atoms with Gasteiger partial charge in [-0.1, -0.05) is 15.9 Å². The van der Waals surface area contributed by atoms with Crippen molar-refractivity contribution in [2.45, 2.75) is 31.7 Å². The fourth-order valence-electron chi connectivity index (χ4n) is 1.66. The number of hydrogen-bond acceptors (Lipinski definition) is 2. The Balaban J connectivity index is 1.68. The molecular formula is C13H16Br3NO. The van der Waals surface area contributed by atoms with Crippen molar-refractivity contribution in [3.8, 4) is 5.75 Å². The highest BCUT2D eigenvalue weighted by Gasteiger charge is 2.19. The molecule has 0 aromatic heterocycles. The number of ether oxygens (including phenoxy) is 1. The lowest BCUT2D eigenvalue weighted by atomic mass is 10.3.